The molecule has 1 aliphatic heterocycles. The Morgan fingerprint density at radius 1 is 1.36 bits per heavy atom. The van der Waals surface area contributed by atoms with Crippen LogP contribution in [0.3, 0.4) is 0 Å². The summed E-state index contributed by atoms with van der Waals surface area (Å²) in [4.78, 5) is 26.1. The smallest absolute Gasteiger partial charge is 0.233 e. The summed E-state index contributed by atoms with van der Waals surface area (Å²) in [6, 6.07) is 0.379. The van der Waals surface area contributed by atoms with Crippen LogP contribution in [0.4, 0.5) is 0 Å². The van der Waals surface area contributed by atoms with Gasteiger partial charge < -0.3 is 10.2 Å². The van der Waals surface area contributed by atoms with Gasteiger partial charge >= 0.3 is 0 Å². The summed E-state index contributed by atoms with van der Waals surface area (Å²) >= 11 is 3.25. The molecule has 0 bridgehead atoms. The molecule has 3 rings (SSSR count). The number of hydrogen-bond acceptors (Lipinski definition) is 6. The maximum absolute atomic E-state index is 12.9. The van der Waals surface area contributed by atoms with E-state index in [-0.39, 0.29) is 5.91 Å². The predicted molar refractivity (Wildman–Crippen MR) is 106 cm³/mol. The van der Waals surface area contributed by atoms with Crippen molar-refractivity contribution in [3.8, 4) is 0 Å². The number of thiophene rings is 1. The van der Waals surface area contributed by atoms with Crippen LogP contribution in [0.5, 0.6) is 0 Å². The topological polar surface area (TPSA) is 58.1 Å². The minimum atomic E-state index is 0.232. The van der Waals surface area contributed by atoms with Crippen LogP contribution in [0.25, 0.3) is 10.2 Å². The van der Waals surface area contributed by atoms with Crippen molar-refractivity contribution in [3.05, 3.63) is 16.8 Å². The number of hydrogen-bond donors (Lipinski definition) is 1. The first-order valence-electron chi connectivity index (χ1n) is 8.95. The largest absolute Gasteiger partial charge is 0.339 e. The van der Waals surface area contributed by atoms with E-state index in [0.717, 1.165) is 54.1 Å². The molecule has 2 aromatic rings. The van der Waals surface area contributed by atoms with Crippen molar-refractivity contribution in [1.82, 2.24) is 20.2 Å². The van der Waals surface area contributed by atoms with E-state index in [4.69, 9.17) is 0 Å². The molecule has 1 fully saturated rings. The first-order chi connectivity index (χ1) is 12.1. The Morgan fingerprint density at radius 2 is 2.12 bits per heavy atom. The lowest BCUT2D eigenvalue weighted by molar-refractivity contribution is -0.131. The van der Waals surface area contributed by atoms with Crippen LogP contribution in [-0.2, 0) is 4.79 Å². The van der Waals surface area contributed by atoms with Gasteiger partial charge in [0.05, 0.1) is 5.75 Å². The summed E-state index contributed by atoms with van der Waals surface area (Å²) in [5.74, 6) is 0.680. The minimum absolute atomic E-state index is 0.232. The number of rotatable bonds is 6. The van der Waals surface area contributed by atoms with Crippen LogP contribution in [0.15, 0.2) is 11.4 Å². The molecule has 2 aromatic heterocycles. The molecule has 7 heteroatoms. The van der Waals surface area contributed by atoms with Crippen molar-refractivity contribution in [1.29, 1.82) is 0 Å². The highest BCUT2D eigenvalue weighted by atomic mass is 32.2. The summed E-state index contributed by atoms with van der Waals surface area (Å²) in [6.45, 7) is 9.22. The first kappa shape index (κ1) is 18.6. The van der Waals surface area contributed by atoms with Gasteiger partial charge in [-0.1, -0.05) is 18.7 Å². The van der Waals surface area contributed by atoms with Crippen LogP contribution in [-0.4, -0.2) is 52.2 Å². The molecule has 0 atom stereocenters. The third-order valence-electron chi connectivity index (χ3n) is 4.80. The van der Waals surface area contributed by atoms with E-state index in [9.17, 15) is 4.79 Å². The molecule has 0 unspecified atom stereocenters. The average molecular weight is 379 g/mol. The van der Waals surface area contributed by atoms with E-state index in [1.807, 2.05) is 0 Å². The number of piperidine rings is 1. The first-order valence-corrected chi connectivity index (χ1v) is 10.8. The Bertz CT molecular complexity index is 740. The van der Waals surface area contributed by atoms with Crippen molar-refractivity contribution in [2.24, 2.45) is 0 Å². The Kier molecular flexibility index (Phi) is 6.30. The predicted octanol–water partition coefficient (Wildman–Crippen LogP) is 3.39. The highest BCUT2D eigenvalue weighted by molar-refractivity contribution is 8.00. The Morgan fingerprint density at radius 3 is 2.84 bits per heavy atom. The van der Waals surface area contributed by atoms with Gasteiger partial charge in [0.25, 0.3) is 0 Å². The molecule has 0 aromatic carbocycles. The zero-order valence-electron chi connectivity index (χ0n) is 15.2. The van der Waals surface area contributed by atoms with Crippen molar-refractivity contribution in [2.45, 2.75) is 51.1 Å². The van der Waals surface area contributed by atoms with Crippen LogP contribution < -0.4 is 5.32 Å². The number of aryl methyl sites for hydroxylation is 2. The molecule has 0 aliphatic carbocycles. The summed E-state index contributed by atoms with van der Waals surface area (Å²) in [5.41, 5.74) is 1.24. The zero-order chi connectivity index (χ0) is 17.8. The van der Waals surface area contributed by atoms with Gasteiger partial charge in [-0.05, 0) is 51.8 Å². The van der Waals surface area contributed by atoms with E-state index in [1.54, 1.807) is 29.4 Å². The number of nitrogens with one attached hydrogen (secondary N) is 1. The van der Waals surface area contributed by atoms with Gasteiger partial charge in [0.15, 0.2) is 0 Å². The number of carbonyl (C=O) groups excluding carboxylic acids is 1. The molecular formula is C18H26N4OS2. The van der Waals surface area contributed by atoms with Gasteiger partial charge in [-0.15, -0.1) is 11.3 Å². The molecule has 1 N–H and O–H groups in total. The van der Waals surface area contributed by atoms with Crippen molar-refractivity contribution in [2.75, 3.05) is 25.4 Å². The molecule has 0 spiro atoms. The van der Waals surface area contributed by atoms with Gasteiger partial charge in [-0.3, -0.25) is 4.79 Å². The van der Waals surface area contributed by atoms with Crippen LogP contribution in [0.2, 0.25) is 0 Å². The third kappa shape index (κ3) is 4.15. The Labute approximate surface area is 157 Å². The summed E-state index contributed by atoms with van der Waals surface area (Å²) < 4.78 is 0. The lowest BCUT2D eigenvalue weighted by Gasteiger charge is -2.34. The SMILES string of the molecule is CCCN(C(=O)CSc1ncnc2sc(C)c(C)c12)C1CCNCC1. The maximum Gasteiger partial charge on any atom is 0.233 e. The molecule has 1 saturated heterocycles. The van der Waals surface area contributed by atoms with E-state index in [1.165, 1.54) is 10.4 Å². The van der Waals surface area contributed by atoms with Gasteiger partial charge in [0, 0.05) is 22.8 Å². The lowest BCUT2D eigenvalue weighted by atomic mass is 10.0. The molecule has 1 amide bonds. The Balaban J connectivity index is 1.72. The van der Waals surface area contributed by atoms with Crippen molar-refractivity contribution < 1.29 is 4.79 Å². The summed E-state index contributed by atoms with van der Waals surface area (Å²) in [6.07, 6.45) is 4.72. The zero-order valence-corrected chi connectivity index (χ0v) is 16.8. The lowest BCUT2D eigenvalue weighted by Crippen LogP contribution is -2.47. The van der Waals surface area contributed by atoms with Crippen LogP contribution in [0.1, 0.15) is 36.6 Å². The molecule has 0 saturated carbocycles. The van der Waals surface area contributed by atoms with Gasteiger partial charge in [0.2, 0.25) is 5.91 Å². The summed E-state index contributed by atoms with van der Waals surface area (Å²) in [7, 11) is 0. The normalized spacial score (nSPS) is 15.6. The Hall–Kier alpha value is -1.18. The molecule has 136 valence electrons. The standard InChI is InChI=1S/C18H26N4OS2/c1-4-9-22(14-5-7-19-8-6-14)15(23)10-24-17-16-12(2)13(3)25-18(16)21-11-20-17/h11,14,19H,4-10H2,1-3H3. The van der Waals surface area contributed by atoms with Crippen molar-refractivity contribution >= 4 is 39.2 Å². The second-order valence-corrected chi connectivity index (χ2v) is 8.67. The number of carbonyl (C=O) groups is 1. The van der Waals surface area contributed by atoms with Crippen molar-refractivity contribution in [3.63, 3.8) is 0 Å². The quantitative estimate of drug-likeness (QED) is 0.617. The highest BCUT2D eigenvalue weighted by Gasteiger charge is 2.25. The highest BCUT2D eigenvalue weighted by Crippen LogP contribution is 2.34. The van der Waals surface area contributed by atoms with E-state index < -0.39 is 0 Å². The second kappa shape index (κ2) is 8.47. The van der Waals surface area contributed by atoms with Gasteiger partial charge in [0.1, 0.15) is 16.2 Å². The fourth-order valence-electron chi connectivity index (χ4n) is 3.34. The minimum Gasteiger partial charge on any atom is -0.339 e. The van der Waals surface area contributed by atoms with E-state index in [0.29, 0.717) is 11.8 Å². The third-order valence-corrected chi connectivity index (χ3v) is 6.89. The molecule has 0 radical (unpaired) electrons. The van der Waals surface area contributed by atoms with Crippen LogP contribution in [0, 0.1) is 13.8 Å². The molecule has 25 heavy (non-hydrogen) atoms. The number of fused-ring (bicyclic) bond motifs is 1. The van der Waals surface area contributed by atoms with Gasteiger partial charge in [-0.25, -0.2) is 9.97 Å². The summed E-state index contributed by atoms with van der Waals surface area (Å²) in [5, 5.41) is 5.43. The van der Waals surface area contributed by atoms with E-state index in [2.05, 4.69) is 41.0 Å². The van der Waals surface area contributed by atoms with Crippen LogP contribution >= 0.6 is 23.1 Å². The molecular weight excluding hydrogens is 352 g/mol. The molecule has 5 nitrogen and oxygen atoms in total. The number of aromatic nitrogens is 2. The number of amides is 1. The second-order valence-electron chi connectivity index (χ2n) is 6.50. The monoisotopic (exact) mass is 378 g/mol. The molecule has 1 aliphatic rings. The number of thioether (sulfide) groups is 1. The fraction of sp³-hybridized carbons (Fsp3) is 0.611. The molecule has 3 heterocycles. The number of nitrogens with zero attached hydrogens (tertiary/aromatic N) is 3. The average Bonchev–Trinajstić information content (AvgIpc) is 2.93. The van der Waals surface area contributed by atoms with Gasteiger partial charge in [-0.2, -0.15) is 0 Å². The fourth-order valence-corrected chi connectivity index (χ4v) is 5.35. The maximum atomic E-state index is 12.9. The van der Waals surface area contributed by atoms with E-state index >= 15 is 0 Å².